The van der Waals surface area contributed by atoms with Crippen molar-refractivity contribution >= 4 is 0 Å². The van der Waals surface area contributed by atoms with Crippen LogP contribution in [0, 0.1) is 11.7 Å². The van der Waals surface area contributed by atoms with Crippen LogP contribution in [0.3, 0.4) is 0 Å². The van der Waals surface area contributed by atoms with Crippen molar-refractivity contribution < 1.29 is 4.39 Å². The van der Waals surface area contributed by atoms with Crippen molar-refractivity contribution in [1.82, 2.24) is 15.6 Å². The molecule has 0 aromatic carbocycles. The second-order valence-electron chi connectivity index (χ2n) is 4.64. The Bertz CT molecular complexity index is 315. The molecular weight excluding hydrogens is 217 g/mol. The molecule has 1 aromatic heterocycles. The first-order chi connectivity index (χ1) is 8.18. The summed E-state index contributed by atoms with van der Waals surface area (Å²) in [5, 5.41) is 6.65. The summed E-state index contributed by atoms with van der Waals surface area (Å²) >= 11 is 0. The van der Waals surface area contributed by atoms with E-state index in [-0.39, 0.29) is 5.82 Å². The van der Waals surface area contributed by atoms with E-state index in [2.05, 4.69) is 29.5 Å². The van der Waals surface area contributed by atoms with Crippen molar-refractivity contribution in [2.24, 2.45) is 5.92 Å². The van der Waals surface area contributed by atoms with Crippen molar-refractivity contribution in [1.29, 1.82) is 0 Å². The molecule has 3 nitrogen and oxygen atoms in total. The number of aromatic nitrogens is 1. The average molecular weight is 239 g/mol. The summed E-state index contributed by atoms with van der Waals surface area (Å²) in [6.45, 7) is 8.08. The highest BCUT2D eigenvalue weighted by molar-refractivity contribution is 5.09. The van der Waals surface area contributed by atoms with Gasteiger partial charge < -0.3 is 10.6 Å². The van der Waals surface area contributed by atoms with Crippen LogP contribution in [0.15, 0.2) is 18.5 Å². The summed E-state index contributed by atoms with van der Waals surface area (Å²) in [6.07, 6.45) is 3.99. The monoisotopic (exact) mass is 239 g/mol. The van der Waals surface area contributed by atoms with Crippen LogP contribution in [0.5, 0.6) is 0 Å². The molecule has 2 N–H and O–H groups in total. The maximum absolute atomic E-state index is 12.8. The zero-order chi connectivity index (χ0) is 12.5. The van der Waals surface area contributed by atoms with Crippen molar-refractivity contribution in [3.63, 3.8) is 0 Å². The predicted octanol–water partition coefficient (Wildman–Crippen LogP) is 1.95. The number of halogens is 1. The van der Waals surface area contributed by atoms with Gasteiger partial charge in [-0.25, -0.2) is 4.39 Å². The first-order valence-corrected chi connectivity index (χ1v) is 6.19. The van der Waals surface area contributed by atoms with Crippen LogP contribution in [0.1, 0.15) is 25.8 Å². The molecular formula is C13H22FN3. The largest absolute Gasteiger partial charge is 0.316 e. The van der Waals surface area contributed by atoms with Crippen LogP contribution in [-0.4, -0.2) is 24.6 Å². The number of nitrogens with one attached hydrogen (secondary N) is 2. The fraction of sp³-hybridized carbons (Fsp3) is 0.615. The maximum Gasteiger partial charge on any atom is 0.141 e. The van der Waals surface area contributed by atoms with Crippen LogP contribution >= 0.6 is 0 Å². The Labute approximate surface area is 103 Å². The molecule has 0 bridgehead atoms. The fourth-order valence-electron chi connectivity index (χ4n) is 1.51. The Hall–Kier alpha value is -1.00. The van der Waals surface area contributed by atoms with Gasteiger partial charge in [-0.05, 0) is 43.6 Å². The zero-order valence-electron chi connectivity index (χ0n) is 10.7. The summed E-state index contributed by atoms with van der Waals surface area (Å²) in [7, 11) is 0. The topological polar surface area (TPSA) is 37.0 Å². The molecule has 0 spiro atoms. The Morgan fingerprint density at radius 2 is 2.00 bits per heavy atom. The van der Waals surface area contributed by atoms with E-state index in [1.807, 2.05) is 0 Å². The first kappa shape index (κ1) is 14.1. The summed E-state index contributed by atoms with van der Waals surface area (Å²) in [5.74, 6) is 0.421. The molecule has 17 heavy (non-hydrogen) atoms. The van der Waals surface area contributed by atoms with E-state index >= 15 is 0 Å². The first-order valence-electron chi connectivity index (χ1n) is 6.19. The van der Waals surface area contributed by atoms with E-state index in [1.165, 1.54) is 12.3 Å². The van der Waals surface area contributed by atoms with E-state index < -0.39 is 0 Å². The highest BCUT2D eigenvalue weighted by Crippen LogP contribution is 1.99. The number of hydrogen-bond acceptors (Lipinski definition) is 3. The molecule has 1 aromatic rings. The molecule has 0 aliphatic rings. The van der Waals surface area contributed by atoms with Crippen LogP contribution in [0.2, 0.25) is 0 Å². The minimum absolute atomic E-state index is 0.275. The molecule has 0 fully saturated rings. The highest BCUT2D eigenvalue weighted by atomic mass is 19.1. The molecule has 1 rings (SSSR count). The SMILES string of the molecule is CC(C)CNCCCNCc1cncc(F)c1. The molecule has 4 heteroatoms. The molecule has 0 atom stereocenters. The van der Waals surface area contributed by atoms with Crippen LogP contribution in [0.4, 0.5) is 4.39 Å². The summed E-state index contributed by atoms with van der Waals surface area (Å²) < 4.78 is 12.8. The smallest absolute Gasteiger partial charge is 0.141 e. The van der Waals surface area contributed by atoms with Crippen molar-refractivity contribution in [2.45, 2.75) is 26.8 Å². The normalized spacial score (nSPS) is 11.1. The number of hydrogen-bond donors (Lipinski definition) is 2. The molecule has 0 saturated heterocycles. The van der Waals surface area contributed by atoms with E-state index in [0.717, 1.165) is 31.6 Å². The lowest BCUT2D eigenvalue weighted by Gasteiger charge is -2.08. The Morgan fingerprint density at radius 3 is 2.71 bits per heavy atom. The van der Waals surface area contributed by atoms with Gasteiger partial charge in [-0.2, -0.15) is 0 Å². The molecule has 0 amide bonds. The summed E-state index contributed by atoms with van der Waals surface area (Å²) in [4.78, 5) is 3.80. The minimum Gasteiger partial charge on any atom is -0.316 e. The van der Waals surface area contributed by atoms with Gasteiger partial charge in [0.1, 0.15) is 5.82 Å². The van der Waals surface area contributed by atoms with Gasteiger partial charge in [-0.1, -0.05) is 13.8 Å². The lowest BCUT2D eigenvalue weighted by atomic mass is 10.2. The lowest BCUT2D eigenvalue weighted by Crippen LogP contribution is -2.24. The fourth-order valence-corrected chi connectivity index (χ4v) is 1.51. The van der Waals surface area contributed by atoms with Crippen molar-refractivity contribution in [3.8, 4) is 0 Å². The lowest BCUT2D eigenvalue weighted by molar-refractivity contribution is 0.529. The molecule has 0 aliphatic heterocycles. The summed E-state index contributed by atoms with van der Waals surface area (Å²) in [5.41, 5.74) is 0.889. The third-order valence-corrected chi connectivity index (χ3v) is 2.35. The molecule has 1 heterocycles. The standard InChI is InChI=1S/C13H22FN3/c1-11(2)7-15-4-3-5-16-8-12-6-13(14)10-17-9-12/h6,9-11,15-16H,3-5,7-8H2,1-2H3. The van der Waals surface area contributed by atoms with Gasteiger partial charge in [0.15, 0.2) is 0 Å². The van der Waals surface area contributed by atoms with E-state index in [1.54, 1.807) is 6.20 Å². The van der Waals surface area contributed by atoms with Gasteiger partial charge in [-0.15, -0.1) is 0 Å². The second-order valence-corrected chi connectivity index (χ2v) is 4.64. The second kappa shape index (κ2) is 8.14. The van der Waals surface area contributed by atoms with Gasteiger partial charge >= 0.3 is 0 Å². The van der Waals surface area contributed by atoms with E-state index in [0.29, 0.717) is 12.5 Å². The molecule has 0 aliphatic carbocycles. The maximum atomic E-state index is 12.8. The third-order valence-electron chi connectivity index (χ3n) is 2.35. The van der Waals surface area contributed by atoms with Crippen LogP contribution < -0.4 is 10.6 Å². The van der Waals surface area contributed by atoms with Crippen molar-refractivity contribution in [3.05, 3.63) is 29.8 Å². The molecule has 0 unspecified atom stereocenters. The van der Waals surface area contributed by atoms with E-state index in [9.17, 15) is 4.39 Å². The van der Waals surface area contributed by atoms with Gasteiger partial charge in [-0.3, -0.25) is 4.98 Å². The average Bonchev–Trinajstić information content (AvgIpc) is 2.27. The van der Waals surface area contributed by atoms with Gasteiger partial charge in [0.25, 0.3) is 0 Å². The zero-order valence-corrected chi connectivity index (χ0v) is 10.7. The molecule has 0 saturated carbocycles. The quantitative estimate of drug-likeness (QED) is 0.681. The van der Waals surface area contributed by atoms with Crippen molar-refractivity contribution in [2.75, 3.05) is 19.6 Å². The summed E-state index contributed by atoms with van der Waals surface area (Å²) in [6, 6.07) is 1.51. The third kappa shape index (κ3) is 7.02. The minimum atomic E-state index is -0.275. The van der Waals surface area contributed by atoms with Gasteiger partial charge in [0, 0.05) is 12.7 Å². The highest BCUT2D eigenvalue weighted by Gasteiger charge is 1.96. The number of rotatable bonds is 8. The Balaban J connectivity index is 2.01. The Kier molecular flexibility index (Phi) is 6.74. The van der Waals surface area contributed by atoms with Crippen LogP contribution in [-0.2, 0) is 6.54 Å². The van der Waals surface area contributed by atoms with Gasteiger partial charge in [0.2, 0.25) is 0 Å². The van der Waals surface area contributed by atoms with Crippen LogP contribution in [0.25, 0.3) is 0 Å². The number of nitrogens with zero attached hydrogens (tertiary/aromatic N) is 1. The molecule has 96 valence electrons. The van der Waals surface area contributed by atoms with E-state index in [4.69, 9.17) is 0 Å². The van der Waals surface area contributed by atoms with Gasteiger partial charge in [0.05, 0.1) is 6.20 Å². The predicted molar refractivity (Wildman–Crippen MR) is 68.2 cm³/mol. The Morgan fingerprint density at radius 1 is 1.24 bits per heavy atom. The molecule has 0 radical (unpaired) electrons. The number of pyridine rings is 1.